The summed E-state index contributed by atoms with van der Waals surface area (Å²) in [6.45, 7) is 2.87. The lowest BCUT2D eigenvalue weighted by Gasteiger charge is -2.35. The Morgan fingerprint density at radius 3 is 2.42 bits per heavy atom. The zero-order chi connectivity index (χ0) is 18.6. The topological polar surface area (TPSA) is 66.5 Å². The smallest absolute Gasteiger partial charge is 0.261 e. The second kappa shape index (κ2) is 7.91. The highest BCUT2D eigenvalue weighted by atomic mass is 32.2. The van der Waals surface area contributed by atoms with Crippen molar-refractivity contribution in [2.75, 3.05) is 11.3 Å². The molecule has 1 aliphatic rings. The highest BCUT2D eigenvalue weighted by Gasteiger charge is 2.26. The third-order valence-corrected chi connectivity index (χ3v) is 6.19. The van der Waals surface area contributed by atoms with Gasteiger partial charge in [0.25, 0.3) is 15.9 Å². The average molecular weight is 372 g/mol. The van der Waals surface area contributed by atoms with Crippen LogP contribution in [0, 0.1) is 0 Å². The van der Waals surface area contributed by atoms with Crippen LogP contribution in [0.25, 0.3) is 0 Å². The van der Waals surface area contributed by atoms with Gasteiger partial charge < -0.3 is 4.90 Å². The highest BCUT2D eigenvalue weighted by Crippen LogP contribution is 2.23. The van der Waals surface area contributed by atoms with E-state index in [1.165, 1.54) is 12.1 Å². The maximum Gasteiger partial charge on any atom is 0.261 e. The van der Waals surface area contributed by atoms with E-state index in [0.717, 1.165) is 32.2 Å². The average Bonchev–Trinajstić information content (AvgIpc) is 2.68. The molecule has 1 aliphatic heterocycles. The Morgan fingerprint density at radius 2 is 1.77 bits per heavy atom. The van der Waals surface area contributed by atoms with Crippen LogP contribution in [-0.4, -0.2) is 31.8 Å². The summed E-state index contributed by atoms with van der Waals surface area (Å²) >= 11 is 0. The molecule has 1 amide bonds. The Morgan fingerprint density at radius 1 is 1.08 bits per heavy atom. The fourth-order valence-corrected chi connectivity index (χ4v) is 4.41. The van der Waals surface area contributed by atoms with Crippen LogP contribution in [0.15, 0.2) is 59.5 Å². The Bertz CT molecular complexity index is 848. The molecule has 138 valence electrons. The molecule has 1 unspecified atom stereocenters. The third-order valence-electron chi connectivity index (χ3n) is 4.80. The van der Waals surface area contributed by atoms with E-state index in [0.29, 0.717) is 11.3 Å². The van der Waals surface area contributed by atoms with Crippen molar-refractivity contribution in [3.05, 3.63) is 60.2 Å². The van der Waals surface area contributed by atoms with Gasteiger partial charge in [-0.1, -0.05) is 25.1 Å². The normalized spacial score (nSPS) is 17.7. The predicted octanol–water partition coefficient (Wildman–Crippen LogP) is 3.89. The van der Waals surface area contributed by atoms with E-state index >= 15 is 0 Å². The number of sulfonamides is 1. The number of amides is 1. The Kier molecular flexibility index (Phi) is 5.61. The summed E-state index contributed by atoms with van der Waals surface area (Å²) in [4.78, 5) is 14.8. The molecule has 2 aromatic rings. The Hall–Kier alpha value is -2.34. The van der Waals surface area contributed by atoms with Crippen molar-refractivity contribution in [3.8, 4) is 0 Å². The first-order chi connectivity index (χ1) is 12.5. The number of benzene rings is 2. The number of hydrogen-bond donors (Lipinski definition) is 1. The van der Waals surface area contributed by atoms with Crippen LogP contribution in [0.5, 0.6) is 0 Å². The second-order valence-corrected chi connectivity index (χ2v) is 8.23. The van der Waals surface area contributed by atoms with Crippen LogP contribution in [0.1, 0.15) is 43.0 Å². The summed E-state index contributed by atoms with van der Waals surface area (Å²) in [6.07, 6.45) is 4.16. The lowest BCUT2D eigenvalue weighted by Crippen LogP contribution is -2.43. The van der Waals surface area contributed by atoms with E-state index in [1.807, 2.05) is 11.0 Å². The van der Waals surface area contributed by atoms with Crippen molar-refractivity contribution in [2.45, 2.75) is 43.5 Å². The van der Waals surface area contributed by atoms with E-state index in [2.05, 4.69) is 11.6 Å². The van der Waals surface area contributed by atoms with Crippen molar-refractivity contribution in [2.24, 2.45) is 0 Å². The SMILES string of the molecule is CCC1CCCCN1C(=O)c1ccc(S(=O)(=O)Nc2ccccc2)cc1. The van der Waals surface area contributed by atoms with Gasteiger partial charge in [-0.2, -0.15) is 0 Å². The van der Waals surface area contributed by atoms with Crippen LogP contribution >= 0.6 is 0 Å². The Balaban J connectivity index is 1.76. The first-order valence-corrected chi connectivity index (χ1v) is 10.5. The summed E-state index contributed by atoms with van der Waals surface area (Å²) in [5.74, 6) is -0.0171. The number of likely N-dealkylation sites (tertiary alicyclic amines) is 1. The zero-order valence-electron chi connectivity index (χ0n) is 14.9. The monoisotopic (exact) mass is 372 g/mol. The predicted molar refractivity (Wildman–Crippen MR) is 103 cm³/mol. The molecule has 1 N–H and O–H groups in total. The second-order valence-electron chi connectivity index (χ2n) is 6.55. The molecule has 0 radical (unpaired) electrons. The molecule has 1 atom stereocenters. The van der Waals surface area contributed by atoms with Crippen molar-refractivity contribution >= 4 is 21.6 Å². The van der Waals surface area contributed by atoms with Crippen LogP contribution in [0.4, 0.5) is 5.69 Å². The van der Waals surface area contributed by atoms with Crippen LogP contribution < -0.4 is 4.72 Å². The molecule has 0 aromatic heterocycles. The van der Waals surface area contributed by atoms with Crippen LogP contribution in [0.3, 0.4) is 0 Å². The van der Waals surface area contributed by atoms with E-state index in [9.17, 15) is 13.2 Å². The van der Waals surface area contributed by atoms with E-state index in [1.54, 1.807) is 36.4 Å². The molecule has 0 bridgehead atoms. The number of nitrogens with one attached hydrogen (secondary N) is 1. The van der Waals surface area contributed by atoms with E-state index in [4.69, 9.17) is 0 Å². The molecule has 1 heterocycles. The fraction of sp³-hybridized carbons (Fsp3) is 0.350. The summed E-state index contributed by atoms with van der Waals surface area (Å²) in [6, 6.07) is 15.2. The number of carbonyl (C=O) groups excluding carboxylic acids is 1. The van der Waals surface area contributed by atoms with Gasteiger partial charge in [-0.15, -0.1) is 0 Å². The molecule has 1 fully saturated rings. The zero-order valence-corrected chi connectivity index (χ0v) is 15.7. The van der Waals surface area contributed by atoms with Gasteiger partial charge >= 0.3 is 0 Å². The third kappa shape index (κ3) is 4.07. The van der Waals surface area contributed by atoms with Crippen LogP contribution in [-0.2, 0) is 10.0 Å². The molecule has 0 saturated carbocycles. The summed E-state index contributed by atoms with van der Waals surface area (Å²) in [5.41, 5.74) is 1.04. The minimum Gasteiger partial charge on any atom is -0.336 e. The molecule has 6 heteroatoms. The van der Waals surface area contributed by atoms with Gasteiger partial charge in [-0.05, 0) is 62.1 Å². The molecule has 0 aliphatic carbocycles. The van der Waals surface area contributed by atoms with Gasteiger partial charge in [-0.25, -0.2) is 8.42 Å². The minimum absolute atomic E-state index is 0.0171. The first-order valence-electron chi connectivity index (χ1n) is 9.00. The number of anilines is 1. The number of rotatable bonds is 5. The number of para-hydroxylation sites is 1. The molecule has 2 aromatic carbocycles. The molecule has 3 rings (SSSR count). The van der Waals surface area contributed by atoms with Crippen molar-refractivity contribution in [1.82, 2.24) is 4.90 Å². The number of piperidine rings is 1. The molecule has 26 heavy (non-hydrogen) atoms. The van der Waals surface area contributed by atoms with Crippen molar-refractivity contribution < 1.29 is 13.2 Å². The van der Waals surface area contributed by atoms with Gasteiger partial charge in [0.2, 0.25) is 0 Å². The molecular formula is C20H24N2O3S. The van der Waals surface area contributed by atoms with Crippen LogP contribution in [0.2, 0.25) is 0 Å². The minimum atomic E-state index is -3.67. The van der Waals surface area contributed by atoms with E-state index < -0.39 is 10.0 Å². The first kappa shape index (κ1) is 18.5. The maximum absolute atomic E-state index is 12.8. The molecule has 5 nitrogen and oxygen atoms in total. The molecular weight excluding hydrogens is 348 g/mol. The van der Waals surface area contributed by atoms with E-state index in [-0.39, 0.29) is 16.8 Å². The number of carbonyl (C=O) groups is 1. The lowest BCUT2D eigenvalue weighted by atomic mass is 9.99. The summed E-state index contributed by atoms with van der Waals surface area (Å²) < 4.78 is 27.5. The highest BCUT2D eigenvalue weighted by molar-refractivity contribution is 7.92. The standard InChI is InChI=1S/C20H24N2O3S/c1-2-18-10-6-7-15-22(18)20(23)16-11-13-19(14-12-16)26(24,25)21-17-8-4-3-5-9-17/h3-5,8-9,11-14,18,21H,2,6-7,10,15H2,1H3. The van der Waals surface area contributed by atoms with Gasteiger partial charge in [0.1, 0.15) is 0 Å². The Labute approximate surface area is 155 Å². The van der Waals surface area contributed by atoms with Gasteiger partial charge in [0.15, 0.2) is 0 Å². The number of hydrogen-bond acceptors (Lipinski definition) is 3. The largest absolute Gasteiger partial charge is 0.336 e. The summed E-state index contributed by atoms with van der Waals surface area (Å²) in [7, 11) is -3.67. The maximum atomic E-state index is 12.8. The van der Waals surface area contributed by atoms with Crippen molar-refractivity contribution in [1.29, 1.82) is 0 Å². The van der Waals surface area contributed by atoms with Gasteiger partial charge in [0, 0.05) is 23.8 Å². The lowest BCUT2D eigenvalue weighted by molar-refractivity contribution is 0.0608. The summed E-state index contributed by atoms with van der Waals surface area (Å²) in [5, 5.41) is 0. The van der Waals surface area contributed by atoms with Gasteiger partial charge in [0.05, 0.1) is 4.90 Å². The fourth-order valence-electron chi connectivity index (χ4n) is 3.36. The molecule has 0 spiro atoms. The van der Waals surface area contributed by atoms with Gasteiger partial charge in [-0.3, -0.25) is 9.52 Å². The molecule has 1 saturated heterocycles. The number of nitrogens with zero attached hydrogens (tertiary/aromatic N) is 1. The van der Waals surface area contributed by atoms with Crippen molar-refractivity contribution in [3.63, 3.8) is 0 Å². The quantitative estimate of drug-likeness (QED) is 0.866.